The van der Waals surface area contributed by atoms with Crippen LogP contribution in [0.2, 0.25) is 0 Å². The van der Waals surface area contributed by atoms with Gasteiger partial charge in [0, 0.05) is 19.4 Å². The van der Waals surface area contributed by atoms with E-state index in [-0.39, 0.29) is 11.7 Å². The molecule has 0 atom stereocenters. The lowest BCUT2D eigenvalue weighted by Crippen LogP contribution is -1.94. The molecule has 0 aliphatic heterocycles. The van der Waals surface area contributed by atoms with Gasteiger partial charge in [-0.1, -0.05) is 0 Å². The number of aromatic nitrogens is 3. The quantitative estimate of drug-likeness (QED) is 0.643. The maximum Gasteiger partial charge on any atom is 0.264 e. The molecule has 6 nitrogen and oxygen atoms in total. The highest BCUT2D eigenvalue weighted by atomic mass is 16.4. The van der Waals surface area contributed by atoms with Crippen molar-refractivity contribution < 1.29 is 14.0 Å². The third kappa shape index (κ3) is 1.77. The molecule has 0 aliphatic rings. The Kier molecular flexibility index (Phi) is 2.63. The number of hydrogen-bond acceptors (Lipinski definition) is 5. The summed E-state index contributed by atoms with van der Waals surface area (Å²) < 4.78 is 5.24. The Morgan fingerprint density at radius 3 is 2.53 bits per heavy atom. The summed E-state index contributed by atoms with van der Waals surface area (Å²) in [6.45, 7) is 4.78. The summed E-state index contributed by atoms with van der Waals surface area (Å²) in [4.78, 5) is 25.3. The Balaban J connectivity index is 2.65. The van der Waals surface area contributed by atoms with E-state index in [1.807, 2.05) is 0 Å². The van der Waals surface area contributed by atoms with Crippen molar-refractivity contribution in [2.75, 3.05) is 0 Å². The van der Waals surface area contributed by atoms with Crippen molar-refractivity contribution in [1.29, 1.82) is 0 Å². The van der Waals surface area contributed by atoms with Crippen LogP contribution in [0.5, 0.6) is 0 Å². The summed E-state index contributed by atoms with van der Waals surface area (Å²) in [5.41, 5.74) is 1.75. The van der Waals surface area contributed by atoms with Crippen molar-refractivity contribution in [3.05, 3.63) is 22.7 Å². The minimum Gasteiger partial charge on any atom is -0.420 e. The van der Waals surface area contributed by atoms with Crippen molar-refractivity contribution in [3.8, 4) is 11.6 Å². The lowest BCUT2D eigenvalue weighted by molar-refractivity contribution is 0.101. The van der Waals surface area contributed by atoms with Crippen LogP contribution in [-0.4, -0.2) is 27.3 Å². The Morgan fingerprint density at radius 2 is 2.06 bits per heavy atom. The van der Waals surface area contributed by atoms with Gasteiger partial charge in [0.05, 0.1) is 5.69 Å². The van der Waals surface area contributed by atoms with Crippen molar-refractivity contribution in [3.63, 3.8) is 0 Å². The van der Waals surface area contributed by atoms with E-state index in [2.05, 4.69) is 15.2 Å². The van der Waals surface area contributed by atoms with Gasteiger partial charge in [0.15, 0.2) is 12.1 Å². The number of H-pyrrole nitrogens is 1. The summed E-state index contributed by atoms with van der Waals surface area (Å²) in [5, 5.41) is 7.50. The van der Waals surface area contributed by atoms with Crippen molar-refractivity contribution in [1.82, 2.24) is 15.2 Å². The second-order valence-corrected chi connectivity index (χ2v) is 3.71. The van der Waals surface area contributed by atoms with Crippen LogP contribution < -0.4 is 0 Å². The highest BCUT2D eigenvalue weighted by Gasteiger charge is 2.20. The minimum atomic E-state index is -0.145. The van der Waals surface area contributed by atoms with Crippen LogP contribution in [0.3, 0.4) is 0 Å². The second-order valence-electron chi connectivity index (χ2n) is 3.71. The molecule has 0 fully saturated rings. The molecule has 0 radical (unpaired) electrons. The lowest BCUT2D eigenvalue weighted by Gasteiger charge is -1.91. The van der Waals surface area contributed by atoms with Gasteiger partial charge in [0.2, 0.25) is 5.89 Å². The van der Waals surface area contributed by atoms with Crippen LogP contribution in [0.4, 0.5) is 0 Å². The fourth-order valence-corrected chi connectivity index (χ4v) is 1.67. The number of hydrogen-bond donors (Lipinski definition) is 1. The van der Waals surface area contributed by atoms with Gasteiger partial charge in [0.25, 0.3) is 5.89 Å². The first kappa shape index (κ1) is 11.3. The van der Waals surface area contributed by atoms with Crippen LogP contribution in [0.1, 0.15) is 39.2 Å². The van der Waals surface area contributed by atoms with Crippen molar-refractivity contribution >= 4 is 12.1 Å². The Hall–Kier alpha value is -2.24. The molecule has 0 aliphatic carbocycles. The molecule has 0 unspecified atom stereocenters. The van der Waals surface area contributed by atoms with Crippen molar-refractivity contribution in [2.24, 2.45) is 0 Å². The number of aromatic amines is 1. The number of carbonyl (C=O) groups excluding carboxylic acids is 2. The molecule has 0 saturated heterocycles. The molecule has 0 spiro atoms. The minimum absolute atomic E-state index is 0.145. The summed E-state index contributed by atoms with van der Waals surface area (Å²) in [6, 6.07) is 0. The van der Waals surface area contributed by atoms with Gasteiger partial charge in [-0.15, -0.1) is 10.2 Å². The summed E-state index contributed by atoms with van der Waals surface area (Å²) >= 11 is 0. The molecule has 88 valence electrons. The molecule has 0 saturated carbocycles. The number of carbonyl (C=O) groups is 2. The number of nitrogens with one attached hydrogen (secondary N) is 1. The van der Waals surface area contributed by atoms with E-state index < -0.39 is 0 Å². The molecule has 0 bridgehead atoms. The van der Waals surface area contributed by atoms with Gasteiger partial charge in [-0.2, -0.15) is 0 Å². The Morgan fingerprint density at radius 1 is 1.35 bits per heavy atom. The normalized spacial score (nSPS) is 10.5. The van der Waals surface area contributed by atoms with Crippen LogP contribution >= 0.6 is 0 Å². The smallest absolute Gasteiger partial charge is 0.264 e. The topological polar surface area (TPSA) is 88.8 Å². The fourth-order valence-electron chi connectivity index (χ4n) is 1.67. The average molecular weight is 233 g/mol. The Labute approximate surface area is 97.0 Å². The van der Waals surface area contributed by atoms with Crippen LogP contribution in [0, 0.1) is 13.8 Å². The number of aryl methyl sites for hydroxylation is 1. The van der Waals surface area contributed by atoms with E-state index >= 15 is 0 Å². The largest absolute Gasteiger partial charge is 0.420 e. The number of aldehydes is 1. The van der Waals surface area contributed by atoms with Crippen LogP contribution in [0.15, 0.2) is 4.42 Å². The summed E-state index contributed by atoms with van der Waals surface area (Å²) in [6.07, 6.45) is 0.674. The molecular weight excluding hydrogens is 222 g/mol. The second kappa shape index (κ2) is 3.97. The van der Waals surface area contributed by atoms with E-state index in [0.717, 1.165) is 0 Å². The number of nitrogens with zero attached hydrogens (tertiary/aromatic N) is 2. The maximum absolute atomic E-state index is 11.4. The SMILES string of the molecule is CC(=O)c1[nH]c(-c2nnc(C)o2)c(C=O)c1C. The molecule has 2 rings (SSSR count). The zero-order valence-corrected chi connectivity index (χ0v) is 9.70. The summed E-state index contributed by atoms with van der Waals surface area (Å²) in [7, 11) is 0. The first-order valence-corrected chi connectivity index (χ1v) is 5.03. The van der Waals surface area contributed by atoms with Gasteiger partial charge in [-0.25, -0.2) is 0 Å². The zero-order valence-electron chi connectivity index (χ0n) is 9.70. The van der Waals surface area contributed by atoms with Crippen LogP contribution in [-0.2, 0) is 0 Å². The zero-order chi connectivity index (χ0) is 12.6. The molecule has 2 heterocycles. The molecule has 0 amide bonds. The number of Topliss-reactive ketones (excluding diaryl/α,β-unsaturated/α-hetero) is 1. The molecule has 2 aromatic rings. The highest BCUT2D eigenvalue weighted by molar-refractivity contribution is 5.99. The molecule has 6 heteroatoms. The number of ketones is 1. The predicted molar refractivity (Wildman–Crippen MR) is 59.0 cm³/mol. The van der Waals surface area contributed by atoms with Gasteiger partial charge in [0.1, 0.15) is 5.69 Å². The standard InChI is InChI=1S/C11H11N3O3/c1-5-8(4-15)10(12-9(5)6(2)16)11-14-13-7(3)17-11/h4,12H,1-3H3. The monoisotopic (exact) mass is 233 g/mol. The first-order chi connectivity index (χ1) is 8.04. The van der Waals surface area contributed by atoms with E-state index in [9.17, 15) is 9.59 Å². The third-order valence-electron chi connectivity index (χ3n) is 2.51. The number of rotatable bonds is 3. The lowest BCUT2D eigenvalue weighted by atomic mass is 10.1. The van der Waals surface area contributed by atoms with Gasteiger partial charge >= 0.3 is 0 Å². The van der Waals surface area contributed by atoms with Crippen LogP contribution in [0.25, 0.3) is 11.6 Å². The fraction of sp³-hybridized carbons (Fsp3) is 0.273. The molecular formula is C11H11N3O3. The molecule has 2 aromatic heterocycles. The van der Waals surface area contributed by atoms with E-state index in [4.69, 9.17) is 4.42 Å². The van der Waals surface area contributed by atoms with E-state index in [1.54, 1.807) is 13.8 Å². The molecule has 1 N–H and O–H groups in total. The van der Waals surface area contributed by atoms with Gasteiger partial charge < -0.3 is 9.40 Å². The third-order valence-corrected chi connectivity index (χ3v) is 2.51. The first-order valence-electron chi connectivity index (χ1n) is 5.03. The predicted octanol–water partition coefficient (Wildman–Crippen LogP) is 1.70. The van der Waals surface area contributed by atoms with Crippen molar-refractivity contribution in [2.45, 2.75) is 20.8 Å². The van der Waals surface area contributed by atoms with E-state index in [0.29, 0.717) is 34.7 Å². The molecule has 17 heavy (non-hydrogen) atoms. The molecule has 0 aromatic carbocycles. The Bertz CT molecular complexity index is 595. The maximum atomic E-state index is 11.4. The average Bonchev–Trinajstić information content (AvgIpc) is 2.82. The van der Waals surface area contributed by atoms with Gasteiger partial charge in [-0.05, 0) is 12.5 Å². The van der Waals surface area contributed by atoms with E-state index in [1.165, 1.54) is 6.92 Å². The summed E-state index contributed by atoms with van der Waals surface area (Å²) in [5.74, 6) is 0.460. The highest BCUT2D eigenvalue weighted by Crippen LogP contribution is 2.25. The van der Waals surface area contributed by atoms with Gasteiger partial charge in [-0.3, -0.25) is 9.59 Å².